The highest BCUT2D eigenvalue weighted by Crippen LogP contribution is 2.21. The summed E-state index contributed by atoms with van der Waals surface area (Å²) < 4.78 is 10.3. The second-order valence-corrected chi connectivity index (χ2v) is 19.4. The first kappa shape index (κ1) is 48.8. The van der Waals surface area contributed by atoms with E-state index in [1.54, 1.807) is 0 Å². The van der Waals surface area contributed by atoms with Gasteiger partial charge in [-0.1, -0.05) is 41.5 Å². The van der Waals surface area contributed by atoms with Gasteiger partial charge in [0.15, 0.2) is 0 Å². The summed E-state index contributed by atoms with van der Waals surface area (Å²) in [6, 6.07) is 0. The first-order valence-corrected chi connectivity index (χ1v) is 15.6. The Balaban J connectivity index is -0.000000242. The molecule has 0 atom stereocenters. The minimum atomic E-state index is -0.396. The summed E-state index contributed by atoms with van der Waals surface area (Å²) in [5.41, 5.74) is -2.34. The molecule has 0 rings (SSSR count). The van der Waals surface area contributed by atoms with E-state index in [9.17, 15) is 19.2 Å². The highest BCUT2D eigenvalue weighted by atomic mass is 16.6. The highest BCUT2D eigenvalue weighted by molar-refractivity contribution is 5.82. The van der Waals surface area contributed by atoms with E-state index in [1.165, 1.54) is 0 Å². The fourth-order valence-electron chi connectivity index (χ4n) is 1.92. The molecule has 0 radical (unpaired) electrons. The molecule has 0 aliphatic heterocycles. The van der Waals surface area contributed by atoms with Crippen LogP contribution in [-0.2, 0) is 28.7 Å². The minimum Gasteiger partial charge on any atom is -0.460 e. The Morgan fingerprint density at radius 1 is 0.341 bits per heavy atom. The zero-order valence-corrected chi connectivity index (χ0v) is 33.4. The quantitative estimate of drug-likeness (QED) is 0.259. The zero-order chi connectivity index (χ0) is 37.1. The summed E-state index contributed by atoms with van der Waals surface area (Å²) in [7, 11) is 0. The molecule has 8 heteroatoms. The lowest BCUT2D eigenvalue weighted by molar-refractivity contribution is -0.165. The number of nitrogens with one attached hydrogen (secondary N) is 2. The molecular formula is C36H74N2O6. The van der Waals surface area contributed by atoms with Crippen molar-refractivity contribution >= 4 is 23.8 Å². The van der Waals surface area contributed by atoms with Gasteiger partial charge in [0, 0.05) is 21.9 Å². The van der Waals surface area contributed by atoms with Gasteiger partial charge in [-0.25, -0.2) is 0 Å². The first-order chi connectivity index (χ1) is 18.5. The third-order valence-electron chi connectivity index (χ3n) is 4.36. The molecule has 0 aromatic carbocycles. The molecule has 0 aliphatic rings. The molecule has 0 bridgehead atoms. The van der Waals surface area contributed by atoms with E-state index in [0.29, 0.717) is 0 Å². The molecule has 0 aromatic rings. The molecule has 2 amide bonds. The van der Waals surface area contributed by atoms with Gasteiger partial charge in [0.25, 0.3) is 0 Å². The van der Waals surface area contributed by atoms with Gasteiger partial charge in [-0.3, -0.25) is 19.2 Å². The third-order valence-corrected chi connectivity index (χ3v) is 4.36. The lowest BCUT2D eigenvalue weighted by Gasteiger charge is -2.26. The molecule has 8 nitrogen and oxygen atoms in total. The molecule has 2 N–H and O–H groups in total. The third kappa shape index (κ3) is 34.4. The monoisotopic (exact) mass is 631 g/mol. The van der Waals surface area contributed by atoms with E-state index in [4.69, 9.17) is 9.47 Å². The Labute approximate surface area is 273 Å². The second kappa shape index (κ2) is 17.0. The predicted octanol–water partition coefficient (Wildman–Crippen LogP) is 8.64. The van der Waals surface area contributed by atoms with Crippen LogP contribution < -0.4 is 10.6 Å². The average molecular weight is 631 g/mol. The standard InChI is InChI=1S/2C9H19NO.2C9H18O2/c2*1-8(2,3)7(11)10-9(4,5)6;2*1-8(2,3)7(10)11-9(4,5)6/h2*1-6H3,(H,10,11);2*1-6H3. The molecule has 0 unspecified atom stereocenters. The van der Waals surface area contributed by atoms with E-state index in [-0.39, 0.29) is 56.9 Å². The van der Waals surface area contributed by atoms with Crippen molar-refractivity contribution in [2.24, 2.45) is 21.7 Å². The molecule has 0 spiro atoms. The maximum absolute atomic E-state index is 11.4. The van der Waals surface area contributed by atoms with Crippen molar-refractivity contribution < 1.29 is 28.7 Å². The number of amides is 2. The summed E-state index contributed by atoms with van der Waals surface area (Å²) in [6.07, 6.45) is 0. The summed E-state index contributed by atoms with van der Waals surface area (Å²) in [6.45, 7) is 45.7. The Bertz CT molecular complexity index is 742. The summed E-state index contributed by atoms with van der Waals surface area (Å²) >= 11 is 0. The van der Waals surface area contributed by atoms with Crippen LogP contribution >= 0.6 is 0 Å². The van der Waals surface area contributed by atoms with Crippen molar-refractivity contribution in [3.8, 4) is 0 Å². The second-order valence-electron chi connectivity index (χ2n) is 19.4. The van der Waals surface area contributed by atoms with Crippen molar-refractivity contribution in [2.45, 2.75) is 188 Å². The number of carbonyl (C=O) groups excluding carboxylic acids is 4. The van der Waals surface area contributed by atoms with Crippen molar-refractivity contribution in [1.82, 2.24) is 10.6 Å². The van der Waals surface area contributed by atoms with Crippen LogP contribution in [-0.4, -0.2) is 46.0 Å². The molecular weight excluding hydrogens is 556 g/mol. The lowest BCUT2D eigenvalue weighted by Crippen LogP contribution is -2.46. The van der Waals surface area contributed by atoms with Crippen LogP contribution in [0.1, 0.15) is 166 Å². The van der Waals surface area contributed by atoms with Crippen LogP contribution in [0.25, 0.3) is 0 Å². The van der Waals surface area contributed by atoms with Gasteiger partial charge in [0.1, 0.15) is 11.2 Å². The van der Waals surface area contributed by atoms with Crippen molar-refractivity contribution in [3.63, 3.8) is 0 Å². The highest BCUT2D eigenvalue weighted by Gasteiger charge is 2.29. The fourth-order valence-corrected chi connectivity index (χ4v) is 1.92. The maximum Gasteiger partial charge on any atom is 0.311 e. The van der Waals surface area contributed by atoms with Crippen LogP contribution in [0.2, 0.25) is 0 Å². The lowest BCUT2D eigenvalue weighted by atomic mass is 9.94. The van der Waals surface area contributed by atoms with Crippen LogP contribution in [0.15, 0.2) is 0 Å². The molecule has 0 saturated heterocycles. The molecule has 264 valence electrons. The Morgan fingerprint density at radius 2 is 0.523 bits per heavy atom. The van der Waals surface area contributed by atoms with Gasteiger partial charge >= 0.3 is 11.9 Å². The smallest absolute Gasteiger partial charge is 0.311 e. The Kier molecular flexibility index (Phi) is 18.8. The van der Waals surface area contributed by atoms with Crippen molar-refractivity contribution in [3.05, 3.63) is 0 Å². The van der Waals surface area contributed by atoms with Crippen LogP contribution in [0.3, 0.4) is 0 Å². The average Bonchev–Trinajstić information content (AvgIpc) is 2.61. The fraction of sp³-hybridized carbons (Fsp3) is 0.889. The summed E-state index contributed by atoms with van der Waals surface area (Å²) in [5, 5.41) is 5.84. The molecule has 0 aromatic heterocycles. The van der Waals surface area contributed by atoms with Gasteiger partial charge in [-0.2, -0.15) is 0 Å². The molecule has 0 saturated carbocycles. The molecule has 0 heterocycles. The van der Waals surface area contributed by atoms with Gasteiger partial charge in [0.2, 0.25) is 11.8 Å². The van der Waals surface area contributed by atoms with Crippen molar-refractivity contribution in [2.75, 3.05) is 0 Å². The SMILES string of the molecule is CC(C)(C)NC(=O)C(C)(C)C.CC(C)(C)NC(=O)C(C)(C)C.CC(C)(C)OC(=O)C(C)(C)C.CC(C)(C)OC(=O)C(C)(C)C. The predicted molar refractivity (Wildman–Crippen MR) is 185 cm³/mol. The van der Waals surface area contributed by atoms with E-state index in [1.807, 2.05) is 166 Å². The van der Waals surface area contributed by atoms with Gasteiger partial charge in [0.05, 0.1) is 10.8 Å². The number of carbonyl (C=O) groups is 4. The number of hydrogen-bond acceptors (Lipinski definition) is 6. The van der Waals surface area contributed by atoms with Crippen molar-refractivity contribution in [1.29, 1.82) is 0 Å². The van der Waals surface area contributed by atoms with E-state index >= 15 is 0 Å². The van der Waals surface area contributed by atoms with Gasteiger partial charge in [-0.15, -0.1) is 0 Å². The van der Waals surface area contributed by atoms with Crippen LogP contribution in [0.5, 0.6) is 0 Å². The van der Waals surface area contributed by atoms with Crippen LogP contribution in [0.4, 0.5) is 0 Å². The van der Waals surface area contributed by atoms with Gasteiger partial charge < -0.3 is 20.1 Å². The molecule has 44 heavy (non-hydrogen) atoms. The number of hydrogen-bond donors (Lipinski definition) is 2. The number of rotatable bonds is 0. The number of esters is 2. The van der Waals surface area contributed by atoms with E-state index in [2.05, 4.69) is 10.6 Å². The Hall–Kier alpha value is -2.12. The summed E-state index contributed by atoms with van der Waals surface area (Å²) in [5.74, 6) is -0.0926. The van der Waals surface area contributed by atoms with Crippen LogP contribution in [0, 0.1) is 21.7 Å². The van der Waals surface area contributed by atoms with E-state index < -0.39 is 10.8 Å². The maximum atomic E-state index is 11.4. The minimum absolute atomic E-state index is 0.102. The van der Waals surface area contributed by atoms with E-state index in [0.717, 1.165) is 0 Å². The number of ether oxygens (including phenoxy) is 2. The Morgan fingerprint density at radius 3 is 0.568 bits per heavy atom. The van der Waals surface area contributed by atoms with Gasteiger partial charge in [-0.05, 0) is 125 Å². The molecule has 0 aliphatic carbocycles. The summed E-state index contributed by atoms with van der Waals surface area (Å²) in [4.78, 5) is 45.3. The molecule has 0 fully saturated rings. The first-order valence-electron chi connectivity index (χ1n) is 15.6. The largest absolute Gasteiger partial charge is 0.460 e. The topological polar surface area (TPSA) is 111 Å². The zero-order valence-electron chi connectivity index (χ0n) is 33.4. The normalized spacial score (nSPS) is 12.9.